The molecule has 1 atom stereocenters. The molecule has 138 valence electrons. The summed E-state index contributed by atoms with van der Waals surface area (Å²) in [5.74, 6) is 0.765. The van der Waals surface area contributed by atoms with Crippen LogP contribution < -0.4 is 9.64 Å². The summed E-state index contributed by atoms with van der Waals surface area (Å²) in [5, 5.41) is 0.673. The van der Waals surface area contributed by atoms with Crippen LogP contribution in [0.4, 0.5) is 0 Å². The zero-order valence-electron chi connectivity index (χ0n) is 15.4. The standard InChI is InChI=1S/C21H25ClN2O2/c1-16-14-19(22)8-9-20(16)26-17(2)21(25)24-12-10-23(11-13-24)15-18-6-4-3-5-7-18/h3-9,14,17H,10-13,15H2,1-2H3/p+1. The van der Waals surface area contributed by atoms with E-state index in [4.69, 9.17) is 16.3 Å². The third-order valence-corrected chi connectivity index (χ3v) is 5.10. The number of hydrogen-bond donors (Lipinski definition) is 1. The minimum atomic E-state index is -0.495. The van der Waals surface area contributed by atoms with E-state index in [1.54, 1.807) is 6.07 Å². The molecule has 0 saturated carbocycles. The minimum Gasteiger partial charge on any atom is -0.481 e. The van der Waals surface area contributed by atoms with E-state index in [9.17, 15) is 4.79 Å². The molecular weight excluding hydrogens is 348 g/mol. The number of benzene rings is 2. The fraction of sp³-hybridized carbons (Fsp3) is 0.381. The van der Waals surface area contributed by atoms with Gasteiger partial charge in [0.15, 0.2) is 6.10 Å². The van der Waals surface area contributed by atoms with E-state index in [0.29, 0.717) is 10.8 Å². The number of carbonyl (C=O) groups is 1. The van der Waals surface area contributed by atoms with Crippen LogP contribution in [0.5, 0.6) is 5.75 Å². The molecule has 3 rings (SSSR count). The molecule has 0 radical (unpaired) electrons. The molecule has 2 aromatic carbocycles. The van der Waals surface area contributed by atoms with Crippen molar-refractivity contribution in [2.45, 2.75) is 26.5 Å². The van der Waals surface area contributed by atoms with Crippen LogP contribution in [0.25, 0.3) is 0 Å². The van der Waals surface area contributed by atoms with E-state index < -0.39 is 6.10 Å². The summed E-state index contributed by atoms with van der Waals surface area (Å²) in [6.07, 6.45) is -0.495. The molecule has 5 heteroatoms. The lowest BCUT2D eigenvalue weighted by atomic mass is 10.2. The Morgan fingerprint density at radius 1 is 1.19 bits per heavy atom. The van der Waals surface area contributed by atoms with Crippen molar-refractivity contribution in [2.24, 2.45) is 0 Å². The Kier molecular flexibility index (Phi) is 6.17. The van der Waals surface area contributed by atoms with Crippen LogP contribution >= 0.6 is 11.6 Å². The zero-order valence-corrected chi connectivity index (χ0v) is 16.1. The lowest BCUT2D eigenvalue weighted by molar-refractivity contribution is -0.917. The van der Waals surface area contributed by atoms with E-state index in [1.165, 1.54) is 10.5 Å². The number of rotatable bonds is 5. The van der Waals surface area contributed by atoms with Crippen molar-refractivity contribution in [1.82, 2.24) is 4.90 Å². The normalized spacial score (nSPS) is 16.3. The van der Waals surface area contributed by atoms with Gasteiger partial charge in [-0.3, -0.25) is 4.79 Å². The van der Waals surface area contributed by atoms with Crippen LogP contribution in [-0.4, -0.2) is 43.1 Å². The smallest absolute Gasteiger partial charge is 0.263 e. The first-order valence-corrected chi connectivity index (χ1v) is 9.50. The topological polar surface area (TPSA) is 34.0 Å². The molecule has 1 N–H and O–H groups in total. The van der Waals surface area contributed by atoms with Crippen molar-refractivity contribution in [3.05, 3.63) is 64.7 Å². The number of halogens is 1. The molecule has 1 fully saturated rings. The Labute approximate surface area is 160 Å². The molecule has 26 heavy (non-hydrogen) atoms. The van der Waals surface area contributed by atoms with Gasteiger partial charge in [0.05, 0.1) is 26.2 Å². The number of ether oxygens (including phenoxy) is 1. The van der Waals surface area contributed by atoms with E-state index in [0.717, 1.165) is 38.3 Å². The van der Waals surface area contributed by atoms with Crippen molar-refractivity contribution < 1.29 is 14.4 Å². The molecule has 0 aromatic heterocycles. The Bertz CT molecular complexity index is 743. The molecule has 0 aliphatic carbocycles. The third kappa shape index (κ3) is 4.77. The van der Waals surface area contributed by atoms with E-state index in [-0.39, 0.29) is 5.91 Å². The Morgan fingerprint density at radius 2 is 1.88 bits per heavy atom. The molecule has 1 saturated heterocycles. The number of amides is 1. The molecule has 0 bridgehead atoms. The summed E-state index contributed by atoms with van der Waals surface area (Å²) in [5.41, 5.74) is 2.28. The van der Waals surface area contributed by atoms with Gasteiger partial charge in [0.2, 0.25) is 0 Å². The summed E-state index contributed by atoms with van der Waals surface area (Å²) in [6.45, 7) is 8.24. The summed E-state index contributed by atoms with van der Waals surface area (Å²) in [7, 11) is 0. The molecule has 2 aromatic rings. The fourth-order valence-electron chi connectivity index (χ4n) is 3.35. The summed E-state index contributed by atoms with van der Waals surface area (Å²) in [4.78, 5) is 16.1. The van der Waals surface area contributed by atoms with Gasteiger partial charge in [-0.05, 0) is 37.6 Å². The highest BCUT2D eigenvalue weighted by atomic mass is 35.5. The quantitative estimate of drug-likeness (QED) is 0.872. The Balaban J connectivity index is 1.51. The van der Waals surface area contributed by atoms with E-state index in [2.05, 4.69) is 24.3 Å². The van der Waals surface area contributed by atoms with Gasteiger partial charge in [0, 0.05) is 10.6 Å². The number of nitrogens with zero attached hydrogens (tertiary/aromatic N) is 1. The Hall–Kier alpha value is -2.04. The van der Waals surface area contributed by atoms with Crippen LogP contribution in [0.3, 0.4) is 0 Å². The SMILES string of the molecule is Cc1cc(Cl)ccc1OC(C)C(=O)N1CC[NH+](Cc2ccccc2)CC1. The highest BCUT2D eigenvalue weighted by molar-refractivity contribution is 6.30. The van der Waals surface area contributed by atoms with Gasteiger partial charge in [-0.15, -0.1) is 0 Å². The van der Waals surface area contributed by atoms with Crippen LogP contribution in [0.15, 0.2) is 48.5 Å². The van der Waals surface area contributed by atoms with E-state index in [1.807, 2.05) is 36.9 Å². The zero-order chi connectivity index (χ0) is 18.5. The number of carbonyl (C=O) groups excluding carboxylic acids is 1. The second kappa shape index (κ2) is 8.56. The summed E-state index contributed by atoms with van der Waals surface area (Å²) >= 11 is 5.98. The van der Waals surface area contributed by atoms with Gasteiger partial charge in [-0.25, -0.2) is 0 Å². The van der Waals surface area contributed by atoms with Crippen molar-refractivity contribution in [3.8, 4) is 5.75 Å². The molecule has 1 amide bonds. The Morgan fingerprint density at radius 3 is 2.54 bits per heavy atom. The molecular formula is C21H26ClN2O2+. The van der Waals surface area contributed by atoms with Gasteiger partial charge < -0.3 is 14.5 Å². The predicted octanol–water partition coefficient (Wildman–Crippen LogP) is 2.34. The van der Waals surface area contributed by atoms with Gasteiger partial charge in [-0.1, -0.05) is 41.9 Å². The van der Waals surface area contributed by atoms with Crippen LogP contribution in [-0.2, 0) is 11.3 Å². The van der Waals surface area contributed by atoms with Gasteiger partial charge in [0.25, 0.3) is 5.91 Å². The predicted molar refractivity (Wildman–Crippen MR) is 104 cm³/mol. The minimum absolute atomic E-state index is 0.0538. The number of aryl methyl sites for hydroxylation is 1. The average Bonchev–Trinajstić information content (AvgIpc) is 2.65. The highest BCUT2D eigenvalue weighted by Gasteiger charge is 2.28. The maximum absolute atomic E-state index is 12.7. The monoisotopic (exact) mass is 373 g/mol. The second-order valence-corrected chi connectivity index (χ2v) is 7.34. The third-order valence-electron chi connectivity index (χ3n) is 4.87. The van der Waals surface area contributed by atoms with Gasteiger partial charge in [0.1, 0.15) is 12.3 Å². The highest BCUT2D eigenvalue weighted by Crippen LogP contribution is 2.23. The number of hydrogen-bond acceptors (Lipinski definition) is 2. The number of quaternary nitrogens is 1. The van der Waals surface area contributed by atoms with Gasteiger partial charge >= 0.3 is 0 Å². The summed E-state index contributed by atoms with van der Waals surface area (Å²) < 4.78 is 5.88. The first kappa shape index (κ1) is 18.7. The van der Waals surface area contributed by atoms with Gasteiger partial charge in [-0.2, -0.15) is 0 Å². The lowest BCUT2D eigenvalue weighted by Crippen LogP contribution is -3.13. The maximum atomic E-state index is 12.7. The van der Waals surface area contributed by atoms with Crippen LogP contribution in [0.1, 0.15) is 18.1 Å². The van der Waals surface area contributed by atoms with Crippen LogP contribution in [0, 0.1) is 6.92 Å². The first-order valence-electron chi connectivity index (χ1n) is 9.12. The second-order valence-electron chi connectivity index (χ2n) is 6.91. The maximum Gasteiger partial charge on any atom is 0.263 e. The lowest BCUT2D eigenvalue weighted by Gasteiger charge is -2.33. The molecule has 1 heterocycles. The number of nitrogens with one attached hydrogen (secondary N) is 1. The fourth-order valence-corrected chi connectivity index (χ4v) is 3.57. The average molecular weight is 374 g/mol. The summed E-state index contributed by atoms with van der Waals surface area (Å²) in [6, 6.07) is 16.0. The number of piperazine rings is 1. The molecule has 0 spiro atoms. The van der Waals surface area contributed by atoms with Crippen LogP contribution in [0.2, 0.25) is 5.02 Å². The van der Waals surface area contributed by atoms with Crippen molar-refractivity contribution in [3.63, 3.8) is 0 Å². The largest absolute Gasteiger partial charge is 0.481 e. The van der Waals surface area contributed by atoms with Crippen molar-refractivity contribution in [2.75, 3.05) is 26.2 Å². The molecule has 4 nitrogen and oxygen atoms in total. The van der Waals surface area contributed by atoms with E-state index >= 15 is 0 Å². The van der Waals surface area contributed by atoms with Crippen molar-refractivity contribution in [1.29, 1.82) is 0 Å². The molecule has 1 aliphatic heterocycles. The van der Waals surface area contributed by atoms with Crippen molar-refractivity contribution >= 4 is 17.5 Å². The molecule has 1 aliphatic rings. The first-order chi connectivity index (χ1) is 12.5. The molecule has 1 unspecified atom stereocenters.